The van der Waals surface area contributed by atoms with Gasteiger partial charge < -0.3 is 9.57 Å². The molecule has 0 saturated heterocycles. The van der Waals surface area contributed by atoms with Crippen LogP contribution < -0.4 is 0 Å². The molecule has 1 aliphatic heterocycles. The molecule has 0 spiro atoms. The number of rotatable bonds is 4. The Labute approximate surface area is 107 Å². The number of nitrogens with zero attached hydrogens (tertiary/aromatic N) is 1. The second kappa shape index (κ2) is 5.67. The van der Waals surface area contributed by atoms with Crippen LogP contribution in [0, 0.1) is 0 Å². The first-order valence-corrected chi connectivity index (χ1v) is 6.23. The average molecular weight is 247 g/mol. The van der Waals surface area contributed by atoms with Gasteiger partial charge >= 0.3 is 5.97 Å². The van der Waals surface area contributed by atoms with E-state index in [0.717, 1.165) is 17.7 Å². The van der Waals surface area contributed by atoms with Crippen LogP contribution in [0.25, 0.3) is 0 Å². The lowest BCUT2D eigenvalue weighted by molar-refractivity contribution is -0.154. The van der Waals surface area contributed by atoms with Crippen molar-refractivity contribution in [2.75, 3.05) is 6.61 Å². The van der Waals surface area contributed by atoms with Gasteiger partial charge in [-0.05, 0) is 24.5 Å². The van der Waals surface area contributed by atoms with Gasteiger partial charge in [0.2, 0.25) is 6.10 Å². The topological polar surface area (TPSA) is 47.9 Å². The lowest BCUT2D eigenvalue weighted by atomic mass is 10.0. The van der Waals surface area contributed by atoms with E-state index in [4.69, 9.17) is 9.57 Å². The summed E-state index contributed by atoms with van der Waals surface area (Å²) in [6.07, 6.45) is 0.893. The number of oxime groups is 1. The van der Waals surface area contributed by atoms with E-state index >= 15 is 0 Å². The van der Waals surface area contributed by atoms with Gasteiger partial charge in [-0.2, -0.15) is 0 Å². The standard InChI is InChI=1S/C14H17NO3/c1-3-10-5-7-11(8-6-10)12-9-13(18-15-12)14(16)17-4-2/h5-8,13H,3-4,9H2,1-2H3. The van der Waals surface area contributed by atoms with Crippen LogP contribution in [0.3, 0.4) is 0 Å². The largest absolute Gasteiger partial charge is 0.463 e. The van der Waals surface area contributed by atoms with Gasteiger partial charge in [-0.25, -0.2) is 4.79 Å². The summed E-state index contributed by atoms with van der Waals surface area (Å²) in [7, 11) is 0. The van der Waals surface area contributed by atoms with E-state index < -0.39 is 6.10 Å². The molecular weight excluding hydrogens is 230 g/mol. The molecule has 0 bridgehead atoms. The fraction of sp³-hybridized carbons (Fsp3) is 0.429. The van der Waals surface area contributed by atoms with Crippen LogP contribution in [0.15, 0.2) is 29.4 Å². The van der Waals surface area contributed by atoms with Crippen molar-refractivity contribution in [3.05, 3.63) is 35.4 Å². The molecule has 1 heterocycles. The molecule has 0 saturated carbocycles. The summed E-state index contributed by atoms with van der Waals surface area (Å²) in [6, 6.07) is 8.15. The Morgan fingerprint density at radius 2 is 2.11 bits per heavy atom. The van der Waals surface area contributed by atoms with E-state index in [1.165, 1.54) is 5.56 Å². The fourth-order valence-corrected chi connectivity index (χ4v) is 1.84. The maximum atomic E-state index is 11.5. The summed E-state index contributed by atoms with van der Waals surface area (Å²) in [4.78, 5) is 16.6. The van der Waals surface area contributed by atoms with Crippen molar-refractivity contribution in [1.82, 2.24) is 0 Å². The maximum absolute atomic E-state index is 11.5. The molecule has 4 nitrogen and oxygen atoms in total. The third-order valence-corrected chi connectivity index (χ3v) is 2.91. The summed E-state index contributed by atoms with van der Waals surface area (Å²) in [5, 5.41) is 3.96. The van der Waals surface area contributed by atoms with Crippen molar-refractivity contribution in [2.45, 2.75) is 32.8 Å². The van der Waals surface area contributed by atoms with E-state index in [1.54, 1.807) is 6.92 Å². The number of hydrogen-bond acceptors (Lipinski definition) is 4. The van der Waals surface area contributed by atoms with Gasteiger partial charge in [0.05, 0.1) is 12.3 Å². The second-order valence-electron chi connectivity index (χ2n) is 4.14. The molecular formula is C14H17NO3. The summed E-state index contributed by atoms with van der Waals surface area (Å²) in [5.74, 6) is -0.346. The van der Waals surface area contributed by atoms with Gasteiger partial charge in [0.15, 0.2) is 0 Å². The number of hydrogen-bond donors (Lipinski definition) is 0. The lowest BCUT2D eigenvalue weighted by Crippen LogP contribution is -2.23. The summed E-state index contributed by atoms with van der Waals surface area (Å²) in [6.45, 7) is 4.25. The smallest absolute Gasteiger partial charge is 0.350 e. The minimum absolute atomic E-state index is 0.346. The van der Waals surface area contributed by atoms with Gasteiger partial charge in [-0.15, -0.1) is 0 Å². The number of aryl methyl sites for hydroxylation is 1. The summed E-state index contributed by atoms with van der Waals surface area (Å²) in [5.41, 5.74) is 3.08. The number of esters is 1. The van der Waals surface area contributed by atoms with Gasteiger partial charge in [0.25, 0.3) is 0 Å². The molecule has 1 aromatic carbocycles. The van der Waals surface area contributed by atoms with Crippen LogP contribution in [0.1, 0.15) is 31.4 Å². The zero-order chi connectivity index (χ0) is 13.0. The molecule has 0 aliphatic carbocycles. The van der Waals surface area contributed by atoms with E-state index in [1.807, 2.05) is 12.1 Å². The number of carbonyl (C=O) groups is 1. The van der Waals surface area contributed by atoms with Crippen LogP contribution in [-0.2, 0) is 20.8 Å². The third kappa shape index (κ3) is 2.70. The van der Waals surface area contributed by atoms with Crippen LogP contribution in [0.4, 0.5) is 0 Å². The molecule has 1 aromatic rings. The molecule has 0 amide bonds. The Balaban J connectivity index is 2.01. The van der Waals surface area contributed by atoms with Crippen molar-refractivity contribution < 1.29 is 14.4 Å². The van der Waals surface area contributed by atoms with Gasteiger partial charge in [-0.1, -0.05) is 36.3 Å². The van der Waals surface area contributed by atoms with E-state index in [-0.39, 0.29) is 5.97 Å². The molecule has 0 radical (unpaired) electrons. The Kier molecular flexibility index (Phi) is 3.97. The highest BCUT2D eigenvalue weighted by atomic mass is 16.7. The second-order valence-corrected chi connectivity index (χ2v) is 4.14. The van der Waals surface area contributed by atoms with Crippen LogP contribution in [0.2, 0.25) is 0 Å². The van der Waals surface area contributed by atoms with E-state index in [2.05, 4.69) is 24.2 Å². The zero-order valence-corrected chi connectivity index (χ0v) is 10.7. The van der Waals surface area contributed by atoms with Crippen molar-refractivity contribution in [1.29, 1.82) is 0 Å². The Morgan fingerprint density at radius 3 is 2.72 bits per heavy atom. The zero-order valence-electron chi connectivity index (χ0n) is 10.7. The predicted octanol–water partition coefficient (Wildman–Crippen LogP) is 2.31. The molecule has 96 valence electrons. The van der Waals surface area contributed by atoms with Crippen LogP contribution in [0.5, 0.6) is 0 Å². The van der Waals surface area contributed by atoms with Crippen LogP contribution in [-0.4, -0.2) is 24.4 Å². The van der Waals surface area contributed by atoms with Gasteiger partial charge in [0.1, 0.15) is 0 Å². The highest BCUT2D eigenvalue weighted by Crippen LogP contribution is 2.18. The Morgan fingerprint density at radius 1 is 1.39 bits per heavy atom. The maximum Gasteiger partial charge on any atom is 0.350 e. The Bertz CT molecular complexity index is 451. The minimum Gasteiger partial charge on any atom is -0.463 e. The third-order valence-electron chi connectivity index (χ3n) is 2.91. The first-order valence-electron chi connectivity index (χ1n) is 6.23. The molecule has 4 heteroatoms. The lowest BCUT2D eigenvalue weighted by Gasteiger charge is -2.06. The van der Waals surface area contributed by atoms with Crippen molar-refractivity contribution in [2.24, 2.45) is 5.16 Å². The Hall–Kier alpha value is -1.84. The molecule has 1 atom stereocenters. The monoisotopic (exact) mass is 247 g/mol. The van der Waals surface area contributed by atoms with Crippen molar-refractivity contribution in [3.63, 3.8) is 0 Å². The molecule has 2 rings (SSSR count). The van der Waals surface area contributed by atoms with Crippen molar-refractivity contribution >= 4 is 11.7 Å². The van der Waals surface area contributed by atoms with Crippen molar-refractivity contribution in [3.8, 4) is 0 Å². The summed E-state index contributed by atoms with van der Waals surface area (Å²) < 4.78 is 4.91. The molecule has 0 fully saturated rings. The van der Waals surface area contributed by atoms with E-state index in [0.29, 0.717) is 13.0 Å². The first-order chi connectivity index (χ1) is 8.74. The van der Waals surface area contributed by atoms with Crippen LogP contribution >= 0.6 is 0 Å². The highest BCUT2D eigenvalue weighted by Gasteiger charge is 2.29. The average Bonchev–Trinajstić information content (AvgIpc) is 2.89. The van der Waals surface area contributed by atoms with Gasteiger partial charge in [-0.3, -0.25) is 0 Å². The molecule has 1 unspecified atom stereocenters. The minimum atomic E-state index is -0.592. The number of ether oxygens (including phenoxy) is 1. The highest BCUT2D eigenvalue weighted by molar-refractivity contribution is 6.03. The SMILES string of the molecule is CCOC(=O)C1CC(c2ccc(CC)cc2)=NO1. The number of carbonyl (C=O) groups excluding carboxylic acids is 1. The quantitative estimate of drug-likeness (QED) is 0.767. The summed E-state index contributed by atoms with van der Waals surface area (Å²) >= 11 is 0. The van der Waals surface area contributed by atoms with Gasteiger partial charge in [0, 0.05) is 6.42 Å². The predicted molar refractivity (Wildman–Crippen MR) is 68.5 cm³/mol. The number of benzene rings is 1. The first kappa shape index (κ1) is 12.6. The molecule has 0 aromatic heterocycles. The molecule has 1 aliphatic rings. The normalized spacial score (nSPS) is 18.1. The molecule has 0 N–H and O–H groups in total. The van der Waals surface area contributed by atoms with E-state index in [9.17, 15) is 4.79 Å². The molecule has 18 heavy (non-hydrogen) atoms. The fourth-order valence-electron chi connectivity index (χ4n) is 1.84.